The van der Waals surface area contributed by atoms with E-state index in [1.54, 1.807) is 6.07 Å². The zero-order chi connectivity index (χ0) is 14.0. The molecule has 3 heteroatoms. The number of carbonyl (C=O) groups is 1. The van der Waals surface area contributed by atoms with Gasteiger partial charge in [0.05, 0.1) is 5.56 Å². The molecule has 0 spiro atoms. The second-order valence-corrected chi connectivity index (χ2v) is 6.40. The van der Waals surface area contributed by atoms with Gasteiger partial charge < -0.3 is 10.5 Å². The highest BCUT2D eigenvalue weighted by Crippen LogP contribution is 2.36. The number of nitrogens with two attached hydrogens (primary N) is 1. The van der Waals surface area contributed by atoms with E-state index in [-0.39, 0.29) is 12.1 Å². The molecule has 104 valence electrons. The molecule has 1 aliphatic carbocycles. The van der Waals surface area contributed by atoms with E-state index in [0.29, 0.717) is 16.7 Å². The van der Waals surface area contributed by atoms with E-state index < -0.39 is 0 Å². The normalized spacial score (nSPS) is 19.1. The predicted octanol–water partition coefficient (Wildman–Crippen LogP) is 3.70. The van der Waals surface area contributed by atoms with Crippen molar-refractivity contribution >= 4 is 11.7 Å². The summed E-state index contributed by atoms with van der Waals surface area (Å²) in [7, 11) is 0. The van der Waals surface area contributed by atoms with Crippen molar-refractivity contribution in [1.82, 2.24) is 0 Å². The zero-order valence-corrected chi connectivity index (χ0v) is 12.0. The third kappa shape index (κ3) is 3.72. The maximum absolute atomic E-state index is 12.1. The lowest BCUT2D eigenvalue weighted by Gasteiger charge is -2.33. The zero-order valence-electron chi connectivity index (χ0n) is 12.0. The van der Waals surface area contributed by atoms with Crippen LogP contribution < -0.4 is 5.73 Å². The van der Waals surface area contributed by atoms with E-state index in [0.717, 1.165) is 31.2 Å². The van der Waals surface area contributed by atoms with Crippen LogP contribution >= 0.6 is 0 Å². The standard InChI is InChI=1S/C16H23NO2/c1-11-8-12(10-13(17)9-11)15(18)19-14-4-6-16(2,3)7-5-14/h8-10,14H,4-7,17H2,1-3H3. The first-order valence-corrected chi connectivity index (χ1v) is 6.94. The number of rotatable bonds is 2. The van der Waals surface area contributed by atoms with E-state index in [4.69, 9.17) is 10.5 Å². The van der Waals surface area contributed by atoms with Gasteiger partial charge in [-0.2, -0.15) is 0 Å². The van der Waals surface area contributed by atoms with Crippen molar-refractivity contribution in [2.24, 2.45) is 5.41 Å². The van der Waals surface area contributed by atoms with Gasteiger partial charge in [-0.25, -0.2) is 4.79 Å². The second-order valence-electron chi connectivity index (χ2n) is 6.40. The molecular weight excluding hydrogens is 238 g/mol. The minimum absolute atomic E-state index is 0.0576. The van der Waals surface area contributed by atoms with Gasteiger partial charge in [0.25, 0.3) is 0 Å². The first kappa shape index (κ1) is 13.9. The number of anilines is 1. The van der Waals surface area contributed by atoms with Crippen molar-refractivity contribution in [3.63, 3.8) is 0 Å². The fourth-order valence-electron chi connectivity index (χ4n) is 2.64. The molecule has 1 saturated carbocycles. The van der Waals surface area contributed by atoms with Crippen molar-refractivity contribution in [1.29, 1.82) is 0 Å². The fraction of sp³-hybridized carbons (Fsp3) is 0.562. The number of ether oxygens (including phenoxy) is 1. The molecule has 0 heterocycles. The van der Waals surface area contributed by atoms with Crippen LogP contribution in [0.1, 0.15) is 55.5 Å². The summed E-state index contributed by atoms with van der Waals surface area (Å²) in [6.07, 6.45) is 4.20. The van der Waals surface area contributed by atoms with Crippen LogP contribution in [0.25, 0.3) is 0 Å². The Morgan fingerprint density at radius 3 is 2.47 bits per heavy atom. The summed E-state index contributed by atoms with van der Waals surface area (Å²) in [6, 6.07) is 5.35. The van der Waals surface area contributed by atoms with E-state index >= 15 is 0 Å². The Balaban J connectivity index is 1.98. The summed E-state index contributed by atoms with van der Waals surface area (Å²) in [6.45, 7) is 6.47. The topological polar surface area (TPSA) is 52.3 Å². The molecule has 19 heavy (non-hydrogen) atoms. The van der Waals surface area contributed by atoms with Gasteiger partial charge in [-0.05, 0) is 61.8 Å². The molecule has 0 aliphatic heterocycles. The average molecular weight is 261 g/mol. The van der Waals surface area contributed by atoms with Crippen LogP contribution in [-0.4, -0.2) is 12.1 Å². The van der Waals surface area contributed by atoms with Gasteiger partial charge in [-0.3, -0.25) is 0 Å². The largest absolute Gasteiger partial charge is 0.459 e. The molecule has 1 aliphatic rings. The Bertz CT molecular complexity index is 449. The van der Waals surface area contributed by atoms with E-state index in [1.807, 2.05) is 19.1 Å². The highest BCUT2D eigenvalue weighted by atomic mass is 16.5. The van der Waals surface area contributed by atoms with E-state index in [1.165, 1.54) is 0 Å². The van der Waals surface area contributed by atoms with Crippen molar-refractivity contribution < 1.29 is 9.53 Å². The molecule has 1 aromatic rings. The van der Waals surface area contributed by atoms with Crippen LogP contribution in [-0.2, 0) is 4.74 Å². The molecule has 0 radical (unpaired) electrons. The summed E-state index contributed by atoms with van der Waals surface area (Å²) in [5.74, 6) is -0.250. The lowest BCUT2D eigenvalue weighted by Crippen LogP contribution is -2.28. The number of aryl methyl sites for hydroxylation is 1. The first-order chi connectivity index (χ1) is 8.85. The molecule has 0 amide bonds. The Hall–Kier alpha value is -1.51. The van der Waals surface area contributed by atoms with Crippen LogP contribution in [0.2, 0.25) is 0 Å². The summed E-state index contributed by atoms with van der Waals surface area (Å²) >= 11 is 0. The monoisotopic (exact) mass is 261 g/mol. The van der Waals surface area contributed by atoms with Crippen LogP contribution in [0.4, 0.5) is 5.69 Å². The molecule has 2 N–H and O–H groups in total. The lowest BCUT2D eigenvalue weighted by molar-refractivity contribution is 0.00951. The predicted molar refractivity (Wildman–Crippen MR) is 77.0 cm³/mol. The third-order valence-corrected chi connectivity index (χ3v) is 3.90. The smallest absolute Gasteiger partial charge is 0.338 e. The SMILES string of the molecule is Cc1cc(N)cc(C(=O)OC2CCC(C)(C)CC2)c1. The molecule has 1 fully saturated rings. The summed E-state index contributed by atoms with van der Waals surface area (Å²) in [5.41, 5.74) is 8.29. The van der Waals surface area contributed by atoms with Crippen LogP contribution in [0.3, 0.4) is 0 Å². The number of hydrogen-bond donors (Lipinski definition) is 1. The minimum Gasteiger partial charge on any atom is -0.459 e. The van der Waals surface area contributed by atoms with E-state index in [2.05, 4.69) is 13.8 Å². The van der Waals surface area contributed by atoms with Gasteiger partial charge in [0, 0.05) is 5.69 Å². The third-order valence-electron chi connectivity index (χ3n) is 3.90. The van der Waals surface area contributed by atoms with Crippen LogP contribution in [0, 0.1) is 12.3 Å². The summed E-state index contributed by atoms with van der Waals surface area (Å²) in [4.78, 5) is 12.1. The number of esters is 1. The second kappa shape index (κ2) is 5.24. The first-order valence-electron chi connectivity index (χ1n) is 6.94. The highest BCUT2D eigenvalue weighted by Gasteiger charge is 2.29. The number of hydrogen-bond acceptors (Lipinski definition) is 3. The average Bonchev–Trinajstić information content (AvgIpc) is 2.30. The molecule has 2 rings (SSSR count). The highest BCUT2D eigenvalue weighted by molar-refractivity contribution is 5.90. The van der Waals surface area contributed by atoms with Gasteiger partial charge in [0.2, 0.25) is 0 Å². The molecule has 0 aromatic heterocycles. The number of benzene rings is 1. The molecular formula is C16H23NO2. The Morgan fingerprint density at radius 2 is 1.89 bits per heavy atom. The quantitative estimate of drug-likeness (QED) is 0.652. The maximum atomic E-state index is 12.1. The van der Waals surface area contributed by atoms with Gasteiger partial charge in [-0.1, -0.05) is 13.8 Å². The molecule has 3 nitrogen and oxygen atoms in total. The fourth-order valence-corrected chi connectivity index (χ4v) is 2.64. The summed E-state index contributed by atoms with van der Waals surface area (Å²) < 4.78 is 5.59. The van der Waals surface area contributed by atoms with Gasteiger partial charge in [0.1, 0.15) is 6.10 Å². The molecule has 0 atom stereocenters. The Kier molecular flexibility index (Phi) is 3.83. The van der Waals surface area contributed by atoms with Crippen LogP contribution in [0.5, 0.6) is 0 Å². The Morgan fingerprint density at radius 1 is 1.26 bits per heavy atom. The van der Waals surface area contributed by atoms with Gasteiger partial charge in [-0.15, -0.1) is 0 Å². The van der Waals surface area contributed by atoms with Crippen molar-refractivity contribution in [3.05, 3.63) is 29.3 Å². The molecule has 1 aromatic carbocycles. The number of nitrogen functional groups attached to an aromatic ring is 1. The molecule has 0 saturated heterocycles. The van der Waals surface area contributed by atoms with Crippen molar-refractivity contribution in [2.45, 2.75) is 52.6 Å². The van der Waals surface area contributed by atoms with Crippen molar-refractivity contribution in [2.75, 3.05) is 5.73 Å². The Labute approximate surface area is 115 Å². The molecule has 0 unspecified atom stereocenters. The van der Waals surface area contributed by atoms with Crippen LogP contribution in [0.15, 0.2) is 18.2 Å². The number of carbonyl (C=O) groups excluding carboxylic acids is 1. The van der Waals surface area contributed by atoms with E-state index in [9.17, 15) is 4.79 Å². The lowest BCUT2D eigenvalue weighted by atomic mass is 9.76. The van der Waals surface area contributed by atoms with Crippen molar-refractivity contribution in [3.8, 4) is 0 Å². The van der Waals surface area contributed by atoms with Gasteiger partial charge >= 0.3 is 5.97 Å². The summed E-state index contributed by atoms with van der Waals surface area (Å²) in [5, 5.41) is 0. The van der Waals surface area contributed by atoms with Gasteiger partial charge in [0.15, 0.2) is 0 Å². The molecule has 0 bridgehead atoms. The minimum atomic E-state index is -0.250. The maximum Gasteiger partial charge on any atom is 0.338 e.